The maximum atomic E-state index is 5.16. The third kappa shape index (κ3) is 1.71. The largest absolute Gasteiger partial charge is 0.258 e. The number of hydrogen-bond donors (Lipinski definition) is 1. The van der Waals surface area contributed by atoms with E-state index in [-0.39, 0.29) is 0 Å². The number of nitrogens with zero attached hydrogens (tertiary/aromatic N) is 5. The van der Waals surface area contributed by atoms with Crippen molar-refractivity contribution in [1.29, 1.82) is 0 Å². The van der Waals surface area contributed by atoms with Gasteiger partial charge in [0.25, 0.3) is 0 Å². The molecule has 0 bridgehead atoms. The van der Waals surface area contributed by atoms with Crippen LogP contribution in [0.3, 0.4) is 0 Å². The van der Waals surface area contributed by atoms with Crippen LogP contribution in [0.1, 0.15) is 11.1 Å². The number of hydrogen-bond acceptors (Lipinski definition) is 4. The number of aromatic nitrogens is 6. The lowest BCUT2D eigenvalue weighted by Crippen LogP contribution is -2.01. The van der Waals surface area contributed by atoms with Crippen molar-refractivity contribution in [1.82, 2.24) is 29.4 Å². The molecule has 1 aromatic carbocycles. The predicted octanol–water partition coefficient (Wildman–Crippen LogP) is 2.74. The van der Waals surface area contributed by atoms with Gasteiger partial charge in [-0.2, -0.15) is 10.2 Å². The molecule has 0 unspecified atom stereocenters. The van der Waals surface area contributed by atoms with Gasteiger partial charge in [0.15, 0.2) is 11.3 Å². The Labute approximate surface area is 125 Å². The quantitative estimate of drug-likeness (QED) is 0.549. The second-order valence-corrected chi connectivity index (χ2v) is 5.44. The summed E-state index contributed by atoms with van der Waals surface area (Å²) < 4.78 is 4.10. The first-order chi connectivity index (χ1) is 10.1. The molecule has 0 aliphatic rings. The molecule has 4 aromatic rings. The molecule has 0 aliphatic carbocycles. The van der Waals surface area contributed by atoms with Crippen LogP contribution in [0, 0.1) is 18.6 Å². The summed E-state index contributed by atoms with van der Waals surface area (Å²) in [7, 11) is 0. The fraction of sp³-hybridized carbons (Fsp3) is 0.143. The lowest BCUT2D eigenvalue weighted by Gasteiger charge is -2.07. The van der Waals surface area contributed by atoms with Gasteiger partial charge in [-0.15, -0.1) is 0 Å². The molecule has 0 saturated heterocycles. The number of aryl methyl sites for hydroxylation is 2. The first-order valence-electron chi connectivity index (χ1n) is 6.52. The second-order valence-electron chi connectivity index (χ2n) is 5.05. The van der Waals surface area contributed by atoms with Crippen molar-refractivity contribution in [3.8, 4) is 5.69 Å². The van der Waals surface area contributed by atoms with Crippen LogP contribution in [0.25, 0.3) is 22.4 Å². The van der Waals surface area contributed by atoms with E-state index in [1.54, 1.807) is 16.9 Å². The molecular weight excluding hydrogens is 284 g/mol. The highest BCUT2D eigenvalue weighted by molar-refractivity contribution is 7.71. The third-order valence-electron chi connectivity index (χ3n) is 3.57. The highest BCUT2D eigenvalue weighted by Gasteiger charge is 2.12. The first kappa shape index (κ1) is 12.2. The molecule has 0 atom stereocenters. The summed E-state index contributed by atoms with van der Waals surface area (Å²) in [6.45, 7) is 4.14. The Morgan fingerprint density at radius 2 is 2.05 bits per heavy atom. The molecule has 0 spiro atoms. The van der Waals surface area contributed by atoms with E-state index in [4.69, 9.17) is 12.2 Å². The van der Waals surface area contributed by atoms with Gasteiger partial charge in [-0.3, -0.25) is 9.50 Å². The van der Waals surface area contributed by atoms with E-state index in [0.29, 0.717) is 4.77 Å². The van der Waals surface area contributed by atoms with Crippen LogP contribution in [0.4, 0.5) is 0 Å². The molecule has 1 N–H and O–H groups in total. The van der Waals surface area contributed by atoms with Gasteiger partial charge in [-0.1, -0.05) is 17.7 Å². The molecule has 3 aromatic heterocycles. The number of rotatable bonds is 1. The average Bonchev–Trinajstić information content (AvgIpc) is 3.03. The zero-order valence-electron chi connectivity index (χ0n) is 11.5. The molecule has 0 fully saturated rings. The minimum atomic E-state index is 0.527. The van der Waals surface area contributed by atoms with Gasteiger partial charge in [0.05, 0.1) is 17.3 Å². The van der Waals surface area contributed by atoms with Gasteiger partial charge in [0.2, 0.25) is 4.77 Å². The summed E-state index contributed by atoms with van der Waals surface area (Å²) in [5.41, 5.74) is 4.90. The first-order valence-corrected chi connectivity index (χ1v) is 6.93. The van der Waals surface area contributed by atoms with Crippen LogP contribution in [-0.2, 0) is 0 Å². The van der Waals surface area contributed by atoms with E-state index in [1.165, 1.54) is 5.56 Å². The van der Waals surface area contributed by atoms with E-state index in [0.717, 1.165) is 27.9 Å². The van der Waals surface area contributed by atoms with Crippen LogP contribution in [0.15, 0.2) is 30.7 Å². The van der Waals surface area contributed by atoms with Crippen molar-refractivity contribution in [2.24, 2.45) is 0 Å². The maximum Gasteiger partial charge on any atom is 0.200 e. The molecule has 7 heteroatoms. The van der Waals surface area contributed by atoms with Crippen molar-refractivity contribution < 1.29 is 0 Å². The van der Waals surface area contributed by atoms with E-state index >= 15 is 0 Å². The lowest BCUT2D eigenvalue weighted by molar-refractivity contribution is 0.884. The molecule has 21 heavy (non-hydrogen) atoms. The summed E-state index contributed by atoms with van der Waals surface area (Å²) in [5, 5.41) is 12.4. The Morgan fingerprint density at radius 3 is 2.86 bits per heavy atom. The van der Waals surface area contributed by atoms with Crippen molar-refractivity contribution in [3.63, 3.8) is 0 Å². The number of H-pyrrole nitrogens is 1. The predicted molar refractivity (Wildman–Crippen MR) is 82.3 cm³/mol. The Kier molecular flexibility index (Phi) is 2.46. The van der Waals surface area contributed by atoms with Gasteiger partial charge in [0, 0.05) is 0 Å². The highest BCUT2D eigenvalue weighted by atomic mass is 32.1. The lowest BCUT2D eigenvalue weighted by atomic mass is 10.1. The maximum absolute atomic E-state index is 5.16. The highest BCUT2D eigenvalue weighted by Crippen LogP contribution is 2.22. The number of aromatic amines is 1. The SMILES string of the molecule is Cc1ccc(-n2ncc3c2ncn2c(=S)[nH]nc32)c(C)c1. The van der Waals surface area contributed by atoms with Crippen LogP contribution in [-0.4, -0.2) is 29.4 Å². The molecule has 0 aliphatic heterocycles. The van der Waals surface area contributed by atoms with Crippen molar-refractivity contribution in [2.75, 3.05) is 0 Å². The van der Waals surface area contributed by atoms with Gasteiger partial charge in [0.1, 0.15) is 6.33 Å². The van der Waals surface area contributed by atoms with Gasteiger partial charge in [-0.05, 0) is 37.7 Å². The Balaban J connectivity index is 2.06. The number of fused-ring (bicyclic) bond motifs is 3. The molecule has 0 saturated carbocycles. The monoisotopic (exact) mass is 296 g/mol. The molecule has 104 valence electrons. The fourth-order valence-corrected chi connectivity index (χ4v) is 2.74. The van der Waals surface area contributed by atoms with E-state index in [2.05, 4.69) is 52.3 Å². The van der Waals surface area contributed by atoms with Crippen LogP contribution < -0.4 is 0 Å². The minimum Gasteiger partial charge on any atom is -0.258 e. The second kappa shape index (κ2) is 4.23. The summed E-state index contributed by atoms with van der Waals surface area (Å²) in [4.78, 5) is 4.48. The van der Waals surface area contributed by atoms with E-state index in [1.807, 2.05) is 4.68 Å². The summed E-state index contributed by atoms with van der Waals surface area (Å²) in [6.07, 6.45) is 3.44. The number of benzene rings is 1. The zero-order valence-corrected chi connectivity index (χ0v) is 12.3. The van der Waals surface area contributed by atoms with E-state index < -0.39 is 0 Å². The van der Waals surface area contributed by atoms with Gasteiger partial charge in [-0.25, -0.2) is 9.67 Å². The Morgan fingerprint density at radius 1 is 1.19 bits per heavy atom. The van der Waals surface area contributed by atoms with Crippen molar-refractivity contribution in [2.45, 2.75) is 13.8 Å². The molecule has 0 radical (unpaired) electrons. The molecule has 3 heterocycles. The van der Waals surface area contributed by atoms with Crippen molar-refractivity contribution in [3.05, 3.63) is 46.6 Å². The van der Waals surface area contributed by atoms with Crippen molar-refractivity contribution >= 4 is 28.9 Å². The summed E-state index contributed by atoms with van der Waals surface area (Å²) in [6, 6.07) is 6.25. The zero-order chi connectivity index (χ0) is 14.6. The van der Waals surface area contributed by atoms with Crippen LogP contribution in [0.5, 0.6) is 0 Å². The smallest absolute Gasteiger partial charge is 0.200 e. The average molecular weight is 296 g/mol. The Hall–Kier alpha value is -2.54. The molecule has 0 amide bonds. The molecule has 6 nitrogen and oxygen atoms in total. The minimum absolute atomic E-state index is 0.527. The summed E-state index contributed by atoms with van der Waals surface area (Å²) in [5.74, 6) is 0. The summed E-state index contributed by atoms with van der Waals surface area (Å²) >= 11 is 5.16. The topological polar surface area (TPSA) is 63.8 Å². The van der Waals surface area contributed by atoms with Crippen LogP contribution in [0.2, 0.25) is 0 Å². The normalized spacial score (nSPS) is 11.5. The Bertz CT molecular complexity index is 1040. The standard InChI is InChI=1S/C14H12N6S/c1-8-3-4-11(9(2)5-8)20-12-10(6-16-20)13-17-18-14(21)19(13)7-15-12/h3-7H,1-2H3,(H,18,21). The fourth-order valence-electron chi connectivity index (χ4n) is 2.56. The number of nitrogens with one attached hydrogen (secondary N) is 1. The van der Waals surface area contributed by atoms with Crippen LogP contribution >= 0.6 is 12.2 Å². The van der Waals surface area contributed by atoms with Gasteiger partial charge < -0.3 is 0 Å². The third-order valence-corrected chi connectivity index (χ3v) is 3.85. The van der Waals surface area contributed by atoms with Gasteiger partial charge >= 0.3 is 0 Å². The molecule has 4 rings (SSSR count). The van der Waals surface area contributed by atoms with E-state index in [9.17, 15) is 0 Å². The molecular formula is C14H12N6S.